The molecule has 3 nitrogen and oxygen atoms in total. The van der Waals surface area contributed by atoms with E-state index in [2.05, 4.69) is 6.92 Å². The Labute approximate surface area is 77.7 Å². The van der Waals surface area contributed by atoms with Gasteiger partial charge in [-0.2, -0.15) is 0 Å². The van der Waals surface area contributed by atoms with E-state index in [1.165, 1.54) is 6.26 Å². The highest BCUT2D eigenvalue weighted by atomic mass is 16.5. The Bertz CT molecular complexity index is 252. The smallest absolute Gasteiger partial charge is 0.185 e. The SMILES string of the molecule is CCCCOCc1ccoc1C=O. The lowest BCUT2D eigenvalue weighted by molar-refractivity contribution is 0.106. The van der Waals surface area contributed by atoms with Crippen LogP contribution in [-0.4, -0.2) is 12.9 Å². The number of hydrogen-bond acceptors (Lipinski definition) is 3. The van der Waals surface area contributed by atoms with Gasteiger partial charge in [-0.15, -0.1) is 0 Å². The Morgan fingerprint density at radius 2 is 2.46 bits per heavy atom. The summed E-state index contributed by atoms with van der Waals surface area (Å²) in [7, 11) is 0. The number of rotatable bonds is 6. The summed E-state index contributed by atoms with van der Waals surface area (Å²) in [6.45, 7) is 3.31. The summed E-state index contributed by atoms with van der Waals surface area (Å²) in [5.41, 5.74) is 0.825. The predicted octanol–water partition coefficient (Wildman–Crippen LogP) is 2.41. The molecular weight excluding hydrogens is 168 g/mol. The Hall–Kier alpha value is -1.09. The molecule has 0 bridgehead atoms. The molecule has 0 N–H and O–H groups in total. The van der Waals surface area contributed by atoms with Crippen LogP contribution in [0.2, 0.25) is 0 Å². The Morgan fingerprint density at radius 3 is 3.15 bits per heavy atom. The summed E-state index contributed by atoms with van der Waals surface area (Å²) in [5.74, 6) is 0.372. The van der Waals surface area contributed by atoms with Crippen LogP contribution in [0, 0.1) is 0 Å². The molecule has 1 aromatic rings. The second-order valence-corrected chi connectivity index (χ2v) is 2.83. The number of hydrogen-bond donors (Lipinski definition) is 0. The van der Waals surface area contributed by atoms with Gasteiger partial charge in [-0.3, -0.25) is 4.79 Å². The fourth-order valence-electron chi connectivity index (χ4n) is 0.999. The van der Waals surface area contributed by atoms with Crippen molar-refractivity contribution in [2.24, 2.45) is 0 Å². The summed E-state index contributed by atoms with van der Waals surface area (Å²) < 4.78 is 10.3. The van der Waals surface area contributed by atoms with E-state index >= 15 is 0 Å². The Kier molecular flexibility index (Phi) is 4.26. The van der Waals surface area contributed by atoms with Crippen molar-refractivity contribution in [1.29, 1.82) is 0 Å². The van der Waals surface area contributed by atoms with Crippen molar-refractivity contribution in [2.75, 3.05) is 6.61 Å². The van der Waals surface area contributed by atoms with Gasteiger partial charge in [-0.05, 0) is 12.5 Å². The van der Waals surface area contributed by atoms with Gasteiger partial charge in [-0.25, -0.2) is 0 Å². The summed E-state index contributed by atoms with van der Waals surface area (Å²) in [4.78, 5) is 10.4. The molecule has 3 heteroatoms. The molecule has 0 atom stereocenters. The van der Waals surface area contributed by atoms with Crippen molar-refractivity contribution in [2.45, 2.75) is 26.4 Å². The number of carbonyl (C=O) groups is 1. The van der Waals surface area contributed by atoms with Gasteiger partial charge in [0.1, 0.15) is 0 Å². The minimum absolute atomic E-state index is 0.372. The predicted molar refractivity (Wildman–Crippen MR) is 48.7 cm³/mol. The summed E-state index contributed by atoms with van der Waals surface area (Å²) in [6, 6.07) is 1.76. The second kappa shape index (κ2) is 5.54. The van der Waals surface area contributed by atoms with E-state index in [0.29, 0.717) is 18.7 Å². The third-order valence-corrected chi connectivity index (χ3v) is 1.79. The molecular formula is C10H14O3. The molecule has 13 heavy (non-hydrogen) atoms. The zero-order valence-electron chi connectivity index (χ0n) is 7.79. The molecule has 0 aliphatic heterocycles. The van der Waals surface area contributed by atoms with E-state index in [9.17, 15) is 4.79 Å². The first kappa shape index (κ1) is 9.99. The quantitative estimate of drug-likeness (QED) is 0.501. The maximum Gasteiger partial charge on any atom is 0.185 e. The number of aldehydes is 1. The van der Waals surface area contributed by atoms with Crippen molar-refractivity contribution in [1.82, 2.24) is 0 Å². The van der Waals surface area contributed by atoms with E-state index < -0.39 is 0 Å². The zero-order valence-corrected chi connectivity index (χ0v) is 7.79. The highest BCUT2D eigenvalue weighted by Crippen LogP contribution is 2.09. The van der Waals surface area contributed by atoms with Gasteiger partial charge in [0.15, 0.2) is 12.0 Å². The average molecular weight is 182 g/mol. The van der Waals surface area contributed by atoms with E-state index in [1.807, 2.05) is 0 Å². The lowest BCUT2D eigenvalue weighted by Crippen LogP contribution is -1.96. The summed E-state index contributed by atoms with van der Waals surface area (Å²) >= 11 is 0. The number of unbranched alkanes of at least 4 members (excludes halogenated alkanes) is 1. The molecule has 0 aliphatic carbocycles. The number of furan rings is 1. The van der Waals surface area contributed by atoms with Crippen LogP contribution >= 0.6 is 0 Å². The van der Waals surface area contributed by atoms with Gasteiger partial charge < -0.3 is 9.15 Å². The third-order valence-electron chi connectivity index (χ3n) is 1.79. The lowest BCUT2D eigenvalue weighted by Gasteiger charge is -2.00. The van der Waals surface area contributed by atoms with Crippen LogP contribution in [0.3, 0.4) is 0 Å². The first-order valence-electron chi connectivity index (χ1n) is 4.47. The molecule has 0 aromatic carbocycles. The molecule has 0 spiro atoms. The first-order valence-corrected chi connectivity index (χ1v) is 4.47. The second-order valence-electron chi connectivity index (χ2n) is 2.83. The van der Waals surface area contributed by atoms with Crippen molar-refractivity contribution < 1.29 is 13.9 Å². The highest BCUT2D eigenvalue weighted by molar-refractivity contribution is 5.72. The normalized spacial score (nSPS) is 10.2. The van der Waals surface area contributed by atoms with Crippen LogP contribution in [-0.2, 0) is 11.3 Å². The largest absolute Gasteiger partial charge is 0.461 e. The van der Waals surface area contributed by atoms with Crippen LogP contribution in [0.1, 0.15) is 35.9 Å². The highest BCUT2D eigenvalue weighted by Gasteiger charge is 2.03. The zero-order chi connectivity index (χ0) is 9.52. The van der Waals surface area contributed by atoms with Gasteiger partial charge in [-0.1, -0.05) is 13.3 Å². The number of ether oxygens (including phenoxy) is 1. The van der Waals surface area contributed by atoms with Crippen LogP contribution in [0.4, 0.5) is 0 Å². The van der Waals surface area contributed by atoms with E-state index in [4.69, 9.17) is 9.15 Å². The molecule has 0 amide bonds. The maximum atomic E-state index is 10.4. The van der Waals surface area contributed by atoms with Gasteiger partial charge in [0, 0.05) is 12.2 Å². The molecule has 1 rings (SSSR count). The van der Waals surface area contributed by atoms with Crippen molar-refractivity contribution in [3.8, 4) is 0 Å². The minimum Gasteiger partial charge on any atom is -0.461 e. The topological polar surface area (TPSA) is 39.4 Å². The van der Waals surface area contributed by atoms with Gasteiger partial charge in [0.05, 0.1) is 12.9 Å². The summed E-state index contributed by atoms with van der Waals surface area (Å²) in [6.07, 6.45) is 4.38. The van der Waals surface area contributed by atoms with Crippen LogP contribution in [0.25, 0.3) is 0 Å². The van der Waals surface area contributed by atoms with Gasteiger partial charge in [0.25, 0.3) is 0 Å². The molecule has 0 radical (unpaired) electrons. The van der Waals surface area contributed by atoms with Gasteiger partial charge >= 0.3 is 0 Å². The Morgan fingerprint density at radius 1 is 1.62 bits per heavy atom. The molecule has 1 aromatic heterocycles. The molecule has 0 unspecified atom stereocenters. The number of carbonyl (C=O) groups excluding carboxylic acids is 1. The average Bonchev–Trinajstić information content (AvgIpc) is 2.60. The molecule has 1 heterocycles. The molecule has 0 saturated carbocycles. The minimum atomic E-state index is 0.372. The molecule has 0 saturated heterocycles. The van der Waals surface area contributed by atoms with Crippen molar-refractivity contribution >= 4 is 6.29 Å². The van der Waals surface area contributed by atoms with E-state index in [-0.39, 0.29) is 0 Å². The fourth-order valence-corrected chi connectivity index (χ4v) is 0.999. The first-order chi connectivity index (χ1) is 6.38. The van der Waals surface area contributed by atoms with Crippen molar-refractivity contribution in [3.63, 3.8) is 0 Å². The molecule has 0 aliphatic rings. The Balaban J connectivity index is 2.31. The standard InChI is InChI=1S/C10H14O3/c1-2-3-5-12-8-9-4-6-13-10(9)7-11/h4,6-7H,2-3,5,8H2,1H3. The lowest BCUT2D eigenvalue weighted by atomic mass is 10.3. The summed E-state index contributed by atoms with van der Waals surface area (Å²) in [5, 5.41) is 0. The van der Waals surface area contributed by atoms with Gasteiger partial charge in [0.2, 0.25) is 0 Å². The van der Waals surface area contributed by atoms with E-state index in [1.54, 1.807) is 6.07 Å². The third kappa shape index (κ3) is 3.03. The molecule has 72 valence electrons. The fraction of sp³-hybridized carbons (Fsp3) is 0.500. The maximum absolute atomic E-state index is 10.4. The van der Waals surface area contributed by atoms with Crippen LogP contribution < -0.4 is 0 Å². The molecule has 0 fully saturated rings. The van der Waals surface area contributed by atoms with Crippen LogP contribution in [0.15, 0.2) is 16.7 Å². The van der Waals surface area contributed by atoms with E-state index in [0.717, 1.165) is 25.0 Å². The van der Waals surface area contributed by atoms with Crippen molar-refractivity contribution in [3.05, 3.63) is 23.7 Å². The van der Waals surface area contributed by atoms with Crippen LogP contribution in [0.5, 0.6) is 0 Å². The monoisotopic (exact) mass is 182 g/mol.